The number of furan rings is 1. The van der Waals surface area contributed by atoms with E-state index in [1.54, 1.807) is 24.3 Å². The lowest BCUT2D eigenvalue weighted by Crippen LogP contribution is -2.23. The van der Waals surface area contributed by atoms with Crippen LogP contribution in [0.2, 0.25) is 5.02 Å². The van der Waals surface area contributed by atoms with Crippen molar-refractivity contribution in [2.75, 3.05) is 0 Å². The topological polar surface area (TPSA) is 131 Å². The lowest BCUT2D eigenvalue weighted by atomic mass is 10.2. The Bertz CT molecular complexity index is 1430. The van der Waals surface area contributed by atoms with Crippen LogP contribution in [0.1, 0.15) is 21.9 Å². The number of hydrogen-bond acceptors (Lipinski definition) is 7. The van der Waals surface area contributed by atoms with E-state index in [4.69, 9.17) is 20.8 Å². The molecule has 0 saturated carbocycles. The minimum absolute atomic E-state index is 0.00129. The SMILES string of the molecule is O=C(OCc1nc2cc(Cl)ccc2c(=O)[nH]1)c1ccc(S(=O)(=O)NCc2ccco2)cc1. The summed E-state index contributed by atoms with van der Waals surface area (Å²) in [7, 11) is -3.79. The number of ether oxygens (including phenoxy) is 1. The van der Waals surface area contributed by atoms with Crippen LogP contribution in [-0.2, 0) is 27.9 Å². The van der Waals surface area contributed by atoms with Crippen LogP contribution in [0.15, 0.2) is 75.0 Å². The minimum Gasteiger partial charge on any atom is -0.468 e. The summed E-state index contributed by atoms with van der Waals surface area (Å²) < 4.78 is 37.4. The first-order chi connectivity index (χ1) is 15.3. The maximum Gasteiger partial charge on any atom is 0.338 e. The van der Waals surface area contributed by atoms with Gasteiger partial charge in [0.05, 0.1) is 34.2 Å². The molecule has 0 aliphatic carbocycles. The van der Waals surface area contributed by atoms with Crippen molar-refractivity contribution in [1.82, 2.24) is 14.7 Å². The van der Waals surface area contributed by atoms with E-state index in [2.05, 4.69) is 14.7 Å². The molecule has 2 aromatic heterocycles. The molecule has 32 heavy (non-hydrogen) atoms. The highest BCUT2D eigenvalue weighted by molar-refractivity contribution is 7.89. The third-order valence-electron chi connectivity index (χ3n) is 4.47. The Morgan fingerprint density at radius 2 is 1.94 bits per heavy atom. The molecule has 4 aromatic rings. The molecule has 0 bridgehead atoms. The average Bonchev–Trinajstić information content (AvgIpc) is 3.30. The number of fused-ring (bicyclic) bond motifs is 1. The maximum atomic E-state index is 12.4. The van der Waals surface area contributed by atoms with Gasteiger partial charge in [0.15, 0.2) is 0 Å². The number of halogens is 1. The first kappa shape index (κ1) is 21.8. The highest BCUT2D eigenvalue weighted by Crippen LogP contribution is 2.16. The summed E-state index contributed by atoms with van der Waals surface area (Å²) in [5, 5.41) is 0.786. The Balaban J connectivity index is 1.42. The Hall–Kier alpha value is -3.47. The molecule has 0 unspecified atom stereocenters. The number of hydrogen-bond donors (Lipinski definition) is 2. The Labute approximate surface area is 187 Å². The molecule has 0 saturated heterocycles. The molecule has 2 heterocycles. The molecule has 4 rings (SSSR count). The Kier molecular flexibility index (Phi) is 6.08. The molecule has 164 valence electrons. The summed E-state index contributed by atoms with van der Waals surface area (Å²) in [5.74, 6) is -0.0813. The smallest absolute Gasteiger partial charge is 0.338 e. The Morgan fingerprint density at radius 3 is 2.66 bits per heavy atom. The van der Waals surface area contributed by atoms with Crippen LogP contribution in [0.3, 0.4) is 0 Å². The van der Waals surface area contributed by atoms with Crippen molar-refractivity contribution in [3.05, 3.63) is 93.4 Å². The number of esters is 1. The van der Waals surface area contributed by atoms with Gasteiger partial charge in [-0.2, -0.15) is 0 Å². The second kappa shape index (κ2) is 8.95. The van der Waals surface area contributed by atoms with Crippen LogP contribution in [0.4, 0.5) is 0 Å². The van der Waals surface area contributed by atoms with Crippen molar-refractivity contribution >= 4 is 38.5 Å². The van der Waals surface area contributed by atoms with Gasteiger partial charge in [-0.25, -0.2) is 22.9 Å². The predicted molar refractivity (Wildman–Crippen MR) is 116 cm³/mol. The fourth-order valence-electron chi connectivity index (χ4n) is 2.88. The predicted octanol–water partition coefficient (Wildman–Crippen LogP) is 3.01. The van der Waals surface area contributed by atoms with E-state index in [1.165, 1.54) is 36.6 Å². The third kappa shape index (κ3) is 4.88. The zero-order valence-electron chi connectivity index (χ0n) is 16.4. The summed E-state index contributed by atoms with van der Waals surface area (Å²) in [6.07, 6.45) is 1.45. The fraction of sp³-hybridized carbons (Fsp3) is 0.0952. The molecule has 9 nitrogen and oxygen atoms in total. The van der Waals surface area contributed by atoms with Crippen LogP contribution in [0.5, 0.6) is 0 Å². The molecule has 11 heteroatoms. The van der Waals surface area contributed by atoms with Crippen LogP contribution >= 0.6 is 11.6 Å². The summed E-state index contributed by atoms with van der Waals surface area (Å²) >= 11 is 5.93. The van der Waals surface area contributed by atoms with Gasteiger partial charge in [0.1, 0.15) is 18.2 Å². The molecular formula is C21H16ClN3O6S. The molecule has 0 aliphatic heterocycles. The first-order valence-corrected chi connectivity index (χ1v) is 11.2. The second-order valence-corrected chi connectivity index (χ2v) is 8.88. The van der Waals surface area contributed by atoms with E-state index in [9.17, 15) is 18.0 Å². The second-order valence-electron chi connectivity index (χ2n) is 6.68. The molecule has 0 fully saturated rings. The normalized spacial score (nSPS) is 11.5. The highest BCUT2D eigenvalue weighted by atomic mass is 35.5. The number of rotatable bonds is 7. The van der Waals surface area contributed by atoms with Gasteiger partial charge in [-0.1, -0.05) is 11.6 Å². The van der Waals surface area contributed by atoms with E-state index in [-0.39, 0.29) is 35.0 Å². The van der Waals surface area contributed by atoms with Gasteiger partial charge < -0.3 is 14.1 Å². The molecule has 0 radical (unpaired) electrons. The number of nitrogens with one attached hydrogen (secondary N) is 2. The monoisotopic (exact) mass is 473 g/mol. The Morgan fingerprint density at radius 1 is 1.16 bits per heavy atom. The lowest BCUT2D eigenvalue weighted by Gasteiger charge is -2.08. The fourth-order valence-corrected chi connectivity index (χ4v) is 4.04. The minimum atomic E-state index is -3.79. The van der Waals surface area contributed by atoms with Crippen LogP contribution in [0.25, 0.3) is 10.9 Å². The number of nitrogens with zero attached hydrogens (tertiary/aromatic N) is 1. The van der Waals surface area contributed by atoms with Crippen molar-refractivity contribution in [2.45, 2.75) is 18.0 Å². The van der Waals surface area contributed by atoms with E-state index in [0.717, 1.165) is 0 Å². The summed E-state index contributed by atoms with van der Waals surface area (Å²) in [6.45, 7) is -0.275. The molecule has 2 aromatic carbocycles. The van der Waals surface area contributed by atoms with E-state index in [1.807, 2.05) is 0 Å². The van der Waals surface area contributed by atoms with Crippen molar-refractivity contribution in [3.63, 3.8) is 0 Å². The largest absolute Gasteiger partial charge is 0.468 e. The lowest BCUT2D eigenvalue weighted by molar-refractivity contribution is 0.0462. The quantitative estimate of drug-likeness (QED) is 0.394. The number of benzene rings is 2. The van der Waals surface area contributed by atoms with Gasteiger partial charge in [0.2, 0.25) is 10.0 Å². The zero-order valence-corrected chi connectivity index (χ0v) is 17.9. The van der Waals surface area contributed by atoms with Crippen LogP contribution in [0, 0.1) is 0 Å². The van der Waals surface area contributed by atoms with Gasteiger partial charge in [0, 0.05) is 5.02 Å². The van der Waals surface area contributed by atoms with Crippen molar-refractivity contribution in [3.8, 4) is 0 Å². The van der Waals surface area contributed by atoms with Gasteiger partial charge in [0.25, 0.3) is 5.56 Å². The number of H-pyrrole nitrogens is 1. The summed E-state index contributed by atoms with van der Waals surface area (Å²) in [5.41, 5.74) is 0.138. The molecule has 0 aliphatic rings. The van der Waals surface area contributed by atoms with Gasteiger partial charge >= 0.3 is 5.97 Å². The molecule has 2 N–H and O–H groups in total. The number of carbonyl (C=O) groups excluding carboxylic acids is 1. The van der Waals surface area contributed by atoms with Crippen LogP contribution in [-0.4, -0.2) is 24.4 Å². The number of carbonyl (C=O) groups is 1. The van der Waals surface area contributed by atoms with Crippen molar-refractivity contribution in [1.29, 1.82) is 0 Å². The standard InChI is InChI=1S/C21H16ClN3O6S/c22-14-5-8-17-18(10-14)24-19(25-20(17)26)12-31-21(27)13-3-6-16(7-4-13)32(28,29)23-11-15-2-1-9-30-15/h1-10,23H,11-12H2,(H,24,25,26). The van der Waals surface area contributed by atoms with Gasteiger partial charge in [-0.05, 0) is 54.6 Å². The average molecular weight is 474 g/mol. The highest BCUT2D eigenvalue weighted by Gasteiger charge is 2.16. The van der Waals surface area contributed by atoms with E-state index in [0.29, 0.717) is 21.7 Å². The number of sulfonamides is 1. The molecule has 0 atom stereocenters. The third-order valence-corrected chi connectivity index (χ3v) is 6.13. The molecule has 0 amide bonds. The zero-order chi connectivity index (χ0) is 22.7. The summed E-state index contributed by atoms with van der Waals surface area (Å²) in [6, 6.07) is 13.2. The van der Waals surface area contributed by atoms with E-state index >= 15 is 0 Å². The number of aromatic amines is 1. The van der Waals surface area contributed by atoms with Crippen LogP contribution < -0.4 is 10.3 Å². The molecular weight excluding hydrogens is 458 g/mol. The van der Waals surface area contributed by atoms with Crippen molar-refractivity contribution in [2.24, 2.45) is 0 Å². The first-order valence-electron chi connectivity index (χ1n) is 9.29. The maximum absolute atomic E-state index is 12.4. The summed E-state index contributed by atoms with van der Waals surface area (Å²) in [4.78, 5) is 31.2. The van der Waals surface area contributed by atoms with Gasteiger partial charge in [-0.15, -0.1) is 0 Å². The van der Waals surface area contributed by atoms with E-state index < -0.39 is 16.0 Å². The number of aromatic nitrogens is 2. The van der Waals surface area contributed by atoms with Gasteiger partial charge in [-0.3, -0.25) is 4.79 Å². The molecule has 0 spiro atoms. The van der Waals surface area contributed by atoms with Crippen molar-refractivity contribution < 1.29 is 22.4 Å².